The highest BCUT2D eigenvalue weighted by molar-refractivity contribution is 6.01. The van der Waals surface area contributed by atoms with E-state index in [1.165, 1.54) is 12.2 Å². The summed E-state index contributed by atoms with van der Waals surface area (Å²) in [6.45, 7) is 2.65. The predicted molar refractivity (Wildman–Crippen MR) is 207 cm³/mol. The number of hydrogen-bond acceptors (Lipinski definition) is 11. The molecule has 4 aliphatic carbocycles. The minimum Gasteiger partial charge on any atom is -0.461 e. The number of carbonyl (C=O) groups is 5. The van der Waals surface area contributed by atoms with Crippen molar-refractivity contribution < 1.29 is 48.0 Å². The number of ketones is 2. The lowest BCUT2D eigenvalue weighted by molar-refractivity contribution is -0.217. The van der Waals surface area contributed by atoms with Crippen LogP contribution < -0.4 is 11.1 Å². The monoisotopic (exact) mass is 781 g/mol. The maximum Gasteiger partial charge on any atom is 0.306 e. The molecule has 0 aliphatic heterocycles. The van der Waals surface area contributed by atoms with E-state index < -0.39 is 70.3 Å². The third-order valence-corrected chi connectivity index (χ3v) is 13.4. The van der Waals surface area contributed by atoms with Crippen LogP contribution in [0.4, 0.5) is 10.1 Å². The number of anilines is 1. The first-order valence-corrected chi connectivity index (χ1v) is 19.4. The number of carbonyl (C=O) groups excluding carboxylic acids is 5. The Labute approximate surface area is 329 Å². The summed E-state index contributed by atoms with van der Waals surface area (Å²) in [6, 6.07) is 14.3. The molecule has 5 N–H and O–H groups in total. The van der Waals surface area contributed by atoms with E-state index in [0.717, 1.165) is 10.8 Å². The van der Waals surface area contributed by atoms with Crippen LogP contribution in [-0.4, -0.2) is 75.1 Å². The summed E-state index contributed by atoms with van der Waals surface area (Å²) in [6.07, 6.45) is 6.58. The van der Waals surface area contributed by atoms with Gasteiger partial charge in [0.15, 0.2) is 18.1 Å². The number of benzene rings is 2. The number of Topliss-reactive ketones (excluding diaryl/α,β-unsaturated/α-hetero) is 1. The van der Waals surface area contributed by atoms with Crippen LogP contribution in [0.2, 0.25) is 0 Å². The van der Waals surface area contributed by atoms with E-state index in [1.54, 1.807) is 62.6 Å². The maximum absolute atomic E-state index is 17.3. The highest BCUT2D eigenvalue weighted by Gasteiger charge is 2.74. The lowest BCUT2D eigenvalue weighted by Gasteiger charge is -2.62. The molecule has 0 bridgehead atoms. The number of allylic oxidation sites excluding steroid dienone is 4. The van der Waals surface area contributed by atoms with Crippen LogP contribution in [0.3, 0.4) is 0 Å². The standard InChI is InChI=1S/C44H48FN3O9/c1-41-16-13-32(49)20-30(41)8-10-35-34-14-17-43(55,42(34,2)21-36(50)44(35,41)45)37(51)25-57-39(53)12-11-38(52)56-24-26-3-5-27(6-4-26)33(22-46)40(54)48-31-9-7-29-23-47-18-15-28(29)19-31/h3-7,9,13,15-16,18-20,23,33-36,50,55H,8,10-12,14,17,21-22,24-25,46H2,1-2H3,(H,48,54)/t33?,34-,35-,36-,41-,42-,43-,44-/m0/s1. The molecule has 12 nitrogen and oxygen atoms in total. The van der Waals surface area contributed by atoms with Gasteiger partial charge in [-0.15, -0.1) is 0 Å². The molecule has 8 atom stereocenters. The number of amides is 1. The number of aliphatic hydroxyl groups is 2. The van der Waals surface area contributed by atoms with Crippen molar-refractivity contribution in [3.63, 3.8) is 0 Å². The third kappa shape index (κ3) is 6.99. The molecule has 300 valence electrons. The zero-order valence-electron chi connectivity index (χ0n) is 32.0. The lowest BCUT2D eigenvalue weighted by atomic mass is 9.44. The molecule has 1 amide bonds. The van der Waals surface area contributed by atoms with Crippen molar-refractivity contribution in [2.24, 2.45) is 28.4 Å². The molecule has 3 fully saturated rings. The molecule has 7 rings (SSSR count). The first kappa shape index (κ1) is 40.1. The molecule has 0 spiro atoms. The van der Waals surface area contributed by atoms with Crippen LogP contribution in [0, 0.1) is 22.7 Å². The van der Waals surface area contributed by atoms with Gasteiger partial charge in [-0.3, -0.25) is 29.0 Å². The molecular weight excluding hydrogens is 733 g/mol. The first-order chi connectivity index (χ1) is 27.1. The van der Waals surface area contributed by atoms with Gasteiger partial charge in [0.25, 0.3) is 0 Å². The lowest BCUT2D eigenvalue weighted by Crippen LogP contribution is -2.69. The Kier molecular flexibility index (Phi) is 10.8. The molecule has 1 aromatic heterocycles. The topological polar surface area (TPSA) is 195 Å². The fourth-order valence-corrected chi connectivity index (χ4v) is 10.1. The molecule has 4 aliphatic rings. The average Bonchev–Trinajstić information content (AvgIpc) is 3.46. The number of nitrogens with zero attached hydrogens (tertiary/aromatic N) is 1. The summed E-state index contributed by atoms with van der Waals surface area (Å²) in [5, 5.41) is 28.1. The summed E-state index contributed by atoms with van der Waals surface area (Å²) in [5.41, 5.74) is 2.14. The largest absolute Gasteiger partial charge is 0.461 e. The minimum absolute atomic E-state index is 0.0224. The summed E-state index contributed by atoms with van der Waals surface area (Å²) in [5.74, 6) is -4.45. The number of fused-ring (bicyclic) bond motifs is 6. The van der Waals surface area contributed by atoms with E-state index in [2.05, 4.69) is 10.3 Å². The number of halogens is 1. The van der Waals surface area contributed by atoms with E-state index in [0.29, 0.717) is 41.6 Å². The molecule has 3 aromatic rings. The number of aliphatic hydroxyl groups excluding tert-OH is 1. The van der Waals surface area contributed by atoms with Crippen LogP contribution in [0.1, 0.15) is 75.8 Å². The zero-order chi connectivity index (χ0) is 40.8. The smallest absolute Gasteiger partial charge is 0.306 e. The Morgan fingerprint density at radius 1 is 1.00 bits per heavy atom. The fraction of sp³-hybridized carbons (Fsp3) is 0.455. The minimum atomic E-state index is -2.10. The van der Waals surface area contributed by atoms with Crippen LogP contribution in [-0.2, 0) is 40.1 Å². The summed E-state index contributed by atoms with van der Waals surface area (Å²) in [4.78, 5) is 67.9. The van der Waals surface area contributed by atoms with E-state index >= 15 is 4.39 Å². The van der Waals surface area contributed by atoms with Crippen LogP contribution in [0.15, 0.2) is 84.7 Å². The molecule has 2 aromatic carbocycles. The Bertz CT molecular complexity index is 2170. The predicted octanol–water partition coefficient (Wildman–Crippen LogP) is 4.95. The van der Waals surface area contributed by atoms with E-state index in [-0.39, 0.29) is 50.5 Å². The van der Waals surface area contributed by atoms with Crippen molar-refractivity contribution in [2.45, 2.75) is 88.7 Å². The second-order valence-electron chi connectivity index (χ2n) is 16.4. The van der Waals surface area contributed by atoms with Gasteiger partial charge in [-0.05, 0) is 91.8 Å². The van der Waals surface area contributed by atoms with Gasteiger partial charge in [0.2, 0.25) is 11.7 Å². The van der Waals surface area contributed by atoms with E-state index in [4.69, 9.17) is 15.2 Å². The summed E-state index contributed by atoms with van der Waals surface area (Å²) < 4.78 is 27.8. The normalized spacial score (nSPS) is 30.7. The van der Waals surface area contributed by atoms with Gasteiger partial charge in [-0.1, -0.05) is 48.9 Å². The Morgan fingerprint density at radius 2 is 1.74 bits per heavy atom. The molecule has 3 saturated carbocycles. The second kappa shape index (κ2) is 15.3. The Hall–Kier alpha value is -5.11. The summed E-state index contributed by atoms with van der Waals surface area (Å²) in [7, 11) is 0. The van der Waals surface area contributed by atoms with Crippen LogP contribution in [0.25, 0.3) is 10.8 Å². The molecule has 1 unspecified atom stereocenters. The number of pyridine rings is 1. The number of alkyl halides is 1. The van der Waals surface area contributed by atoms with Gasteiger partial charge < -0.3 is 30.7 Å². The number of nitrogens with two attached hydrogens (primary N) is 1. The van der Waals surface area contributed by atoms with Crippen LogP contribution in [0.5, 0.6) is 0 Å². The summed E-state index contributed by atoms with van der Waals surface area (Å²) >= 11 is 0. The fourth-order valence-electron chi connectivity index (χ4n) is 10.1. The molecule has 1 heterocycles. The quantitative estimate of drug-likeness (QED) is 0.182. The van der Waals surface area contributed by atoms with E-state index in [1.807, 2.05) is 18.2 Å². The third-order valence-electron chi connectivity index (χ3n) is 13.4. The van der Waals surface area contributed by atoms with Gasteiger partial charge in [0.05, 0.1) is 24.9 Å². The zero-order valence-corrected chi connectivity index (χ0v) is 32.0. The number of rotatable bonds is 12. The number of nitrogens with one attached hydrogen (secondary N) is 1. The van der Waals surface area contributed by atoms with E-state index in [9.17, 15) is 34.2 Å². The van der Waals surface area contributed by atoms with Gasteiger partial charge in [-0.25, -0.2) is 4.39 Å². The Balaban J connectivity index is 0.875. The van der Waals surface area contributed by atoms with Gasteiger partial charge in [0.1, 0.15) is 12.2 Å². The highest BCUT2D eigenvalue weighted by Crippen LogP contribution is 2.69. The maximum atomic E-state index is 17.3. The first-order valence-electron chi connectivity index (χ1n) is 19.4. The molecule has 57 heavy (non-hydrogen) atoms. The average molecular weight is 782 g/mol. The van der Waals surface area contributed by atoms with Crippen molar-refractivity contribution in [3.05, 3.63) is 95.9 Å². The second-order valence-corrected chi connectivity index (χ2v) is 16.4. The van der Waals surface area contributed by atoms with Gasteiger partial charge >= 0.3 is 11.9 Å². The molecular formula is C44H48FN3O9. The Morgan fingerprint density at radius 3 is 2.47 bits per heavy atom. The number of ether oxygens (including phenoxy) is 2. The van der Waals surface area contributed by atoms with Crippen molar-refractivity contribution in [1.82, 2.24) is 4.98 Å². The van der Waals surface area contributed by atoms with Crippen molar-refractivity contribution >= 4 is 45.9 Å². The molecule has 0 saturated heterocycles. The number of aromatic nitrogens is 1. The molecule has 13 heteroatoms. The SMILES string of the molecule is C[C@]12C=CC(=O)C=C1CC[C@H]1[C@@H]3CC[C@](O)(C(=O)COC(=O)CCC(=O)OCc4ccc(C(CN)C(=O)Nc5ccc6cnccc6c5)cc4)[C@@]3(C)C[C@H](O)[C@@]12F. The van der Waals surface area contributed by atoms with Crippen molar-refractivity contribution in [1.29, 1.82) is 0 Å². The highest BCUT2D eigenvalue weighted by atomic mass is 19.1. The number of hydrogen-bond donors (Lipinski definition) is 4. The molecule has 0 radical (unpaired) electrons. The van der Waals surface area contributed by atoms with Gasteiger partial charge in [0, 0.05) is 46.8 Å². The van der Waals surface area contributed by atoms with Crippen molar-refractivity contribution in [3.8, 4) is 0 Å². The van der Waals surface area contributed by atoms with Crippen LogP contribution >= 0.6 is 0 Å². The number of esters is 2. The van der Waals surface area contributed by atoms with Gasteiger partial charge in [-0.2, -0.15) is 0 Å². The van der Waals surface area contributed by atoms with Crippen molar-refractivity contribution in [2.75, 3.05) is 18.5 Å².